The molecule has 0 aliphatic rings. The fraction of sp³-hybridized carbons (Fsp3) is 0.360. The third kappa shape index (κ3) is 5.97. The smallest absolute Gasteiger partial charge is 0.258 e. The number of hydrogen-bond donors (Lipinski definition) is 2. The Morgan fingerprint density at radius 3 is 2.45 bits per heavy atom. The summed E-state index contributed by atoms with van der Waals surface area (Å²) < 4.78 is 22.5. The molecule has 1 atom stereocenters. The molecular weight excluding hydrogens is 424 g/mol. The number of methoxy groups -OCH3 is 1. The van der Waals surface area contributed by atoms with Crippen molar-refractivity contribution in [1.82, 2.24) is 10.6 Å². The molecule has 0 fully saturated rings. The van der Waals surface area contributed by atoms with Crippen molar-refractivity contribution in [2.75, 3.05) is 20.3 Å². The fourth-order valence-corrected chi connectivity index (χ4v) is 3.32. The lowest BCUT2D eigenvalue weighted by atomic mass is 10.1. The number of fused-ring (bicyclic) bond motifs is 1. The average molecular weight is 455 g/mol. The minimum Gasteiger partial charge on any atom is -0.493 e. The molecule has 3 rings (SSSR count). The largest absolute Gasteiger partial charge is 0.493 e. The second-order valence-electron chi connectivity index (χ2n) is 7.83. The van der Waals surface area contributed by atoms with Crippen LogP contribution in [0.1, 0.15) is 49.9 Å². The molecule has 0 spiro atoms. The van der Waals surface area contributed by atoms with Gasteiger partial charge in [0.2, 0.25) is 0 Å². The number of amides is 2. The third-order valence-corrected chi connectivity index (χ3v) is 4.84. The zero-order valence-corrected chi connectivity index (χ0v) is 19.6. The first-order valence-corrected chi connectivity index (χ1v) is 10.9. The standard InChI is InChI=1S/C25H30N2O6/c1-6-31-20-9-7-8-17-12-21(33-24(17)20)16(4)27-25(29)18-10-11-19(22(13-18)30-5)32-14-23(28)26-15(2)3/h7-13,15-16H,6,14H2,1-5H3,(H,26,28)(H,27,29). The molecule has 1 heterocycles. The van der Waals surface area contributed by atoms with E-state index >= 15 is 0 Å². The predicted molar refractivity (Wildman–Crippen MR) is 125 cm³/mol. The number of carbonyl (C=O) groups excluding carboxylic acids is 2. The maximum absolute atomic E-state index is 12.8. The highest BCUT2D eigenvalue weighted by atomic mass is 16.5. The summed E-state index contributed by atoms with van der Waals surface area (Å²) >= 11 is 0. The van der Waals surface area contributed by atoms with Gasteiger partial charge in [-0.25, -0.2) is 0 Å². The number of para-hydroxylation sites is 1. The highest BCUT2D eigenvalue weighted by Crippen LogP contribution is 2.32. The number of benzene rings is 2. The van der Waals surface area contributed by atoms with Gasteiger partial charge < -0.3 is 29.3 Å². The van der Waals surface area contributed by atoms with Crippen molar-refractivity contribution in [1.29, 1.82) is 0 Å². The molecular formula is C25H30N2O6. The number of ether oxygens (including phenoxy) is 3. The Morgan fingerprint density at radius 1 is 0.970 bits per heavy atom. The van der Waals surface area contributed by atoms with E-state index in [1.807, 2.05) is 52.0 Å². The van der Waals surface area contributed by atoms with E-state index in [0.29, 0.717) is 40.8 Å². The monoisotopic (exact) mass is 454 g/mol. The first-order valence-electron chi connectivity index (χ1n) is 10.9. The summed E-state index contributed by atoms with van der Waals surface area (Å²) in [7, 11) is 1.48. The molecule has 3 aromatic rings. The van der Waals surface area contributed by atoms with Crippen LogP contribution in [-0.2, 0) is 4.79 Å². The molecule has 176 valence electrons. The van der Waals surface area contributed by atoms with Crippen LogP contribution in [0.15, 0.2) is 46.9 Å². The van der Waals surface area contributed by atoms with Gasteiger partial charge in [-0.3, -0.25) is 9.59 Å². The zero-order valence-electron chi connectivity index (χ0n) is 19.6. The summed E-state index contributed by atoms with van der Waals surface area (Å²) in [6, 6.07) is 12.0. The molecule has 2 aromatic carbocycles. The first kappa shape index (κ1) is 24.0. The Kier molecular flexibility index (Phi) is 7.82. The maximum Gasteiger partial charge on any atom is 0.258 e. The molecule has 0 aliphatic carbocycles. The lowest BCUT2D eigenvalue weighted by molar-refractivity contribution is -0.123. The number of hydrogen-bond acceptors (Lipinski definition) is 6. The molecule has 1 unspecified atom stereocenters. The van der Waals surface area contributed by atoms with Crippen LogP contribution in [0.2, 0.25) is 0 Å². The van der Waals surface area contributed by atoms with Crippen molar-refractivity contribution in [3.8, 4) is 17.2 Å². The Labute approximate surface area is 193 Å². The third-order valence-electron chi connectivity index (χ3n) is 4.84. The van der Waals surface area contributed by atoms with Crippen LogP contribution >= 0.6 is 0 Å². The van der Waals surface area contributed by atoms with Crippen LogP contribution in [0.3, 0.4) is 0 Å². The van der Waals surface area contributed by atoms with Crippen LogP contribution in [0.4, 0.5) is 0 Å². The van der Waals surface area contributed by atoms with Gasteiger partial charge in [-0.05, 0) is 58.0 Å². The minimum atomic E-state index is -0.374. The summed E-state index contributed by atoms with van der Waals surface area (Å²) in [6.07, 6.45) is 0. The Bertz CT molecular complexity index is 1120. The van der Waals surface area contributed by atoms with Gasteiger partial charge in [-0.2, -0.15) is 0 Å². The SMILES string of the molecule is CCOc1cccc2cc(C(C)NC(=O)c3ccc(OCC(=O)NC(C)C)c(OC)c3)oc12. The van der Waals surface area contributed by atoms with E-state index in [1.54, 1.807) is 18.2 Å². The van der Waals surface area contributed by atoms with E-state index in [-0.39, 0.29) is 30.5 Å². The molecule has 8 heteroatoms. The molecule has 0 saturated heterocycles. The Morgan fingerprint density at radius 2 is 1.76 bits per heavy atom. The van der Waals surface area contributed by atoms with Crippen molar-refractivity contribution >= 4 is 22.8 Å². The second kappa shape index (κ2) is 10.8. The number of nitrogens with one attached hydrogen (secondary N) is 2. The molecule has 1 aromatic heterocycles. The van der Waals surface area contributed by atoms with Crippen LogP contribution < -0.4 is 24.8 Å². The van der Waals surface area contributed by atoms with Crippen LogP contribution in [0.5, 0.6) is 17.2 Å². The molecule has 2 N–H and O–H groups in total. The van der Waals surface area contributed by atoms with Crippen molar-refractivity contribution in [2.24, 2.45) is 0 Å². The van der Waals surface area contributed by atoms with Gasteiger partial charge in [0.05, 0.1) is 19.8 Å². The van der Waals surface area contributed by atoms with E-state index in [2.05, 4.69) is 10.6 Å². The molecule has 0 aliphatic heterocycles. The molecule has 8 nitrogen and oxygen atoms in total. The van der Waals surface area contributed by atoms with E-state index in [9.17, 15) is 9.59 Å². The van der Waals surface area contributed by atoms with Crippen LogP contribution in [0.25, 0.3) is 11.0 Å². The second-order valence-corrected chi connectivity index (χ2v) is 7.83. The lowest BCUT2D eigenvalue weighted by Gasteiger charge is -2.15. The molecule has 2 amide bonds. The van der Waals surface area contributed by atoms with Crippen molar-refractivity contribution in [2.45, 2.75) is 39.8 Å². The van der Waals surface area contributed by atoms with Gasteiger partial charge >= 0.3 is 0 Å². The zero-order chi connectivity index (χ0) is 24.0. The Hall–Kier alpha value is -3.68. The summed E-state index contributed by atoms with van der Waals surface area (Å²) in [5.41, 5.74) is 1.05. The van der Waals surface area contributed by atoms with Crippen molar-refractivity contribution in [3.05, 3.63) is 53.8 Å². The summed E-state index contributed by atoms with van der Waals surface area (Å²) in [6.45, 7) is 7.89. The minimum absolute atomic E-state index is 0.0218. The van der Waals surface area contributed by atoms with Crippen LogP contribution in [-0.4, -0.2) is 38.2 Å². The molecule has 0 saturated carbocycles. The number of rotatable bonds is 10. The summed E-state index contributed by atoms with van der Waals surface area (Å²) in [5.74, 6) is 1.49. The lowest BCUT2D eigenvalue weighted by Crippen LogP contribution is -2.34. The fourth-order valence-electron chi connectivity index (χ4n) is 3.32. The number of carbonyl (C=O) groups is 2. The van der Waals surface area contributed by atoms with Crippen molar-refractivity contribution < 1.29 is 28.2 Å². The predicted octanol–water partition coefficient (Wildman–Crippen LogP) is 4.23. The van der Waals surface area contributed by atoms with Gasteiger partial charge in [-0.15, -0.1) is 0 Å². The topological polar surface area (TPSA) is 99.0 Å². The van der Waals surface area contributed by atoms with E-state index in [4.69, 9.17) is 18.6 Å². The summed E-state index contributed by atoms with van der Waals surface area (Å²) in [4.78, 5) is 24.7. The van der Waals surface area contributed by atoms with Gasteiger partial charge in [0, 0.05) is 17.0 Å². The van der Waals surface area contributed by atoms with Gasteiger partial charge in [0.1, 0.15) is 5.76 Å². The average Bonchev–Trinajstić information content (AvgIpc) is 3.23. The number of furan rings is 1. The molecule has 33 heavy (non-hydrogen) atoms. The van der Waals surface area contributed by atoms with E-state index in [0.717, 1.165) is 5.39 Å². The van der Waals surface area contributed by atoms with Crippen LogP contribution in [0, 0.1) is 0 Å². The van der Waals surface area contributed by atoms with Gasteiger partial charge in [-0.1, -0.05) is 12.1 Å². The van der Waals surface area contributed by atoms with E-state index < -0.39 is 0 Å². The highest BCUT2D eigenvalue weighted by molar-refractivity contribution is 5.95. The molecule has 0 bridgehead atoms. The highest BCUT2D eigenvalue weighted by Gasteiger charge is 2.19. The van der Waals surface area contributed by atoms with Crippen molar-refractivity contribution in [3.63, 3.8) is 0 Å². The maximum atomic E-state index is 12.8. The Balaban J connectivity index is 1.70. The summed E-state index contributed by atoms with van der Waals surface area (Å²) in [5, 5.41) is 6.59. The molecule has 0 radical (unpaired) electrons. The first-order chi connectivity index (χ1) is 15.8. The normalized spacial score (nSPS) is 11.8. The van der Waals surface area contributed by atoms with Gasteiger partial charge in [0.15, 0.2) is 29.4 Å². The quantitative estimate of drug-likeness (QED) is 0.476. The van der Waals surface area contributed by atoms with Gasteiger partial charge in [0.25, 0.3) is 11.8 Å². The van der Waals surface area contributed by atoms with E-state index in [1.165, 1.54) is 7.11 Å².